The SMILES string of the molecule is COc1cc2c(=O)[nH]c(C)nc2cc1Br. The number of aromatic nitrogens is 2. The maximum Gasteiger partial charge on any atom is 0.258 e. The van der Waals surface area contributed by atoms with Crippen molar-refractivity contribution in [3.63, 3.8) is 0 Å². The normalized spacial score (nSPS) is 10.6. The van der Waals surface area contributed by atoms with Crippen LogP contribution in [0.15, 0.2) is 21.4 Å². The van der Waals surface area contributed by atoms with Crippen molar-refractivity contribution in [1.29, 1.82) is 0 Å². The number of aryl methyl sites for hydroxylation is 1. The molecule has 78 valence electrons. The van der Waals surface area contributed by atoms with Crippen LogP contribution in [0.5, 0.6) is 5.75 Å². The number of fused-ring (bicyclic) bond motifs is 1. The minimum atomic E-state index is -0.150. The van der Waals surface area contributed by atoms with E-state index in [-0.39, 0.29) is 5.56 Å². The van der Waals surface area contributed by atoms with Gasteiger partial charge < -0.3 is 9.72 Å². The van der Waals surface area contributed by atoms with E-state index in [9.17, 15) is 4.79 Å². The number of aromatic amines is 1. The summed E-state index contributed by atoms with van der Waals surface area (Å²) < 4.78 is 5.90. The number of halogens is 1. The maximum absolute atomic E-state index is 11.6. The second kappa shape index (κ2) is 3.66. The summed E-state index contributed by atoms with van der Waals surface area (Å²) in [5.41, 5.74) is 0.507. The highest BCUT2D eigenvalue weighted by atomic mass is 79.9. The molecule has 0 bridgehead atoms. The molecule has 0 aliphatic rings. The Morgan fingerprint density at radius 1 is 1.47 bits per heavy atom. The van der Waals surface area contributed by atoms with E-state index in [0.29, 0.717) is 22.5 Å². The van der Waals surface area contributed by atoms with E-state index < -0.39 is 0 Å². The Morgan fingerprint density at radius 3 is 2.87 bits per heavy atom. The van der Waals surface area contributed by atoms with E-state index >= 15 is 0 Å². The summed E-state index contributed by atoms with van der Waals surface area (Å²) in [6.45, 7) is 1.75. The number of rotatable bonds is 1. The van der Waals surface area contributed by atoms with Crippen LogP contribution in [-0.4, -0.2) is 17.1 Å². The highest BCUT2D eigenvalue weighted by Crippen LogP contribution is 2.27. The molecule has 2 rings (SSSR count). The first-order valence-electron chi connectivity index (χ1n) is 4.36. The molecular formula is C10H9BrN2O2. The lowest BCUT2D eigenvalue weighted by molar-refractivity contribution is 0.412. The number of ether oxygens (including phenoxy) is 1. The van der Waals surface area contributed by atoms with E-state index in [1.165, 1.54) is 0 Å². The molecule has 0 saturated heterocycles. The molecule has 1 aromatic heterocycles. The summed E-state index contributed by atoms with van der Waals surface area (Å²) in [5.74, 6) is 1.23. The van der Waals surface area contributed by atoms with Crippen molar-refractivity contribution in [2.75, 3.05) is 7.11 Å². The highest BCUT2D eigenvalue weighted by molar-refractivity contribution is 9.10. The lowest BCUT2D eigenvalue weighted by Gasteiger charge is -2.04. The smallest absolute Gasteiger partial charge is 0.258 e. The summed E-state index contributed by atoms with van der Waals surface area (Å²) in [6, 6.07) is 3.45. The molecule has 0 aliphatic heterocycles. The van der Waals surface area contributed by atoms with E-state index in [2.05, 4.69) is 25.9 Å². The lowest BCUT2D eigenvalue weighted by Crippen LogP contribution is -2.09. The highest BCUT2D eigenvalue weighted by Gasteiger charge is 2.07. The van der Waals surface area contributed by atoms with E-state index in [1.54, 1.807) is 26.2 Å². The second-order valence-electron chi connectivity index (χ2n) is 3.16. The number of hydrogen-bond donors (Lipinski definition) is 1. The molecule has 2 aromatic rings. The van der Waals surface area contributed by atoms with Crippen LogP contribution in [-0.2, 0) is 0 Å². The number of H-pyrrole nitrogens is 1. The van der Waals surface area contributed by atoms with E-state index in [1.807, 2.05) is 0 Å². The van der Waals surface area contributed by atoms with Gasteiger partial charge >= 0.3 is 0 Å². The minimum absolute atomic E-state index is 0.150. The second-order valence-corrected chi connectivity index (χ2v) is 4.01. The zero-order valence-electron chi connectivity index (χ0n) is 8.30. The predicted molar refractivity (Wildman–Crippen MR) is 61.4 cm³/mol. The summed E-state index contributed by atoms with van der Waals surface area (Å²) in [6.07, 6.45) is 0. The third kappa shape index (κ3) is 1.74. The third-order valence-corrected chi connectivity index (χ3v) is 2.72. The van der Waals surface area contributed by atoms with Gasteiger partial charge in [-0.05, 0) is 35.0 Å². The van der Waals surface area contributed by atoms with Crippen molar-refractivity contribution in [2.45, 2.75) is 6.92 Å². The van der Waals surface area contributed by atoms with Gasteiger partial charge in [-0.2, -0.15) is 0 Å². The number of methoxy groups -OCH3 is 1. The molecule has 1 aromatic carbocycles. The van der Waals surface area contributed by atoms with E-state index in [4.69, 9.17) is 4.74 Å². The minimum Gasteiger partial charge on any atom is -0.496 e. The van der Waals surface area contributed by atoms with Gasteiger partial charge in [-0.1, -0.05) is 0 Å². The number of benzene rings is 1. The Morgan fingerprint density at radius 2 is 2.20 bits per heavy atom. The first-order valence-corrected chi connectivity index (χ1v) is 5.15. The zero-order chi connectivity index (χ0) is 11.0. The van der Waals surface area contributed by atoms with Crippen molar-refractivity contribution < 1.29 is 4.74 Å². The van der Waals surface area contributed by atoms with Gasteiger partial charge in [0.1, 0.15) is 11.6 Å². The van der Waals surface area contributed by atoms with Gasteiger partial charge in [0.2, 0.25) is 0 Å². The van der Waals surface area contributed by atoms with Crippen molar-refractivity contribution in [2.24, 2.45) is 0 Å². The standard InChI is InChI=1S/C10H9BrN2O2/c1-5-12-8-4-7(11)9(15-2)3-6(8)10(14)13-5/h3-4H,1-2H3,(H,12,13,14). The molecular weight excluding hydrogens is 260 g/mol. The Labute approximate surface area is 94.4 Å². The Balaban J connectivity index is 2.87. The Hall–Kier alpha value is -1.36. The van der Waals surface area contributed by atoms with Crippen molar-refractivity contribution in [1.82, 2.24) is 9.97 Å². The summed E-state index contributed by atoms with van der Waals surface area (Å²) in [4.78, 5) is 18.5. The first kappa shape index (κ1) is 10.2. The van der Waals surface area contributed by atoms with Gasteiger partial charge in [-0.3, -0.25) is 4.79 Å². The van der Waals surface area contributed by atoms with Crippen LogP contribution in [0.2, 0.25) is 0 Å². The van der Waals surface area contributed by atoms with Crippen molar-refractivity contribution >= 4 is 26.8 Å². The fourth-order valence-electron chi connectivity index (χ4n) is 1.41. The molecule has 1 N–H and O–H groups in total. The molecule has 0 unspecified atom stereocenters. The molecule has 0 fully saturated rings. The van der Waals surface area contributed by atoms with Crippen LogP contribution in [0.3, 0.4) is 0 Å². The van der Waals surface area contributed by atoms with Crippen LogP contribution < -0.4 is 10.3 Å². The van der Waals surface area contributed by atoms with Gasteiger partial charge in [-0.15, -0.1) is 0 Å². The number of hydrogen-bond acceptors (Lipinski definition) is 3. The van der Waals surface area contributed by atoms with Crippen LogP contribution in [0, 0.1) is 6.92 Å². The topological polar surface area (TPSA) is 55.0 Å². The van der Waals surface area contributed by atoms with Crippen molar-refractivity contribution in [3.05, 3.63) is 32.8 Å². The molecule has 0 saturated carbocycles. The summed E-state index contributed by atoms with van der Waals surface area (Å²) in [5, 5.41) is 0.528. The largest absolute Gasteiger partial charge is 0.496 e. The molecule has 4 nitrogen and oxygen atoms in total. The molecule has 0 amide bonds. The van der Waals surface area contributed by atoms with Gasteiger partial charge in [0.25, 0.3) is 5.56 Å². The van der Waals surface area contributed by atoms with Gasteiger partial charge in [0.05, 0.1) is 22.5 Å². The maximum atomic E-state index is 11.6. The van der Waals surface area contributed by atoms with Crippen LogP contribution in [0.25, 0.3) is 10.9 Å². The monoisotopic (exact) mass is 268 g/mol. The average molecular weight is 269 g/mol. The Bertz CT molecular complexity index is 577. The third-order valence-electron chi connectivity index (χ3n) is 2.10. The van der Waals surface area contributed by atoms with Gasteiger partial charge in [-0.25, -0.2) is 4.98 Å². The fraction of sp³-hybridized carbons (Fsp3) is 0.200. The summed E-state index contributed by atoms with van der Waals surface area (Å²) in [7, 11) is 1.56. The number of nitrogens with zero attached hydrogens (tertiary/aromatic N) is 1. The van der Waals surface area contributed by atoms with Crippen molar-refractivity contribution in [3.8, 4) is 5.75 Å². The molecule has 0 atom stereocenters. The quantitative estimate of drug-likeness (QED) is 0.861. The molecule has 5 heteroatoms. The molecule has 0 spiro atoms. The lowest BCUT2D eigenvalue weighted by atomic mass is 10.2. The average Bonchev–Trinajstić information content (AvgIpc) is 2.16. The zero-order valence-corrected chi connectivity index (χ0v) is 9.88. The predicted octanol–water partition coefficient (Wildman–Crippen LogP) is 2.00. The van der Waals surface area contributed by atoms with Gasteiger partial charge in [0, 0.05) is 0 Å². The molecule has 0 radical (unpaired) electrons. The summed E-state index contributed by atoms with van der Waals surface area (Å²) >= 11 is 3.35. The van der Waals surface area contributed by atoms with Crippen LogP contribution in [0.4, 0.5) is 0 Å². The van der Waals surface area contributed by atoms with Crippen LogP contribution >= 0.6 is 15.9 Å². The molecule has 0 aliphatic carbocycles. The fourth-order valence-corrected chi connectivity index (χ4v) is 1.91. The Kier molecular flexibility index (Phi) is 2.48. The number of nitrogens with one attached hydrogen (secondary N) is 1. The molecule has 15 heavy (non-hydrogen) atoms. The van der Waals surface area contributed by atoms with E-state index in [0.717, 1.165) is 4.47 Å². The first-order chi connectivity index (χ1) is 7.11. The van der Waals surface area contributed by atoms with Crippen LogP contribution in [0.1, 0.15) is 5.82 Å². The van der Waals surface area contributed by atoms with Gasteiger partial charge in [0.15, 0.2) is 0 Å². The molecule has 1 heterocycles.